The average molecular weight is 251 g/mol. The first-order chi connectivity index (χ1) is 9.33. The van der Waals surface area contributed by atoms with Crippen LogP contribution in [0.25, 0.3) is 0 Å². The van der Waals surface area contributed by atoms with E-state index in [9.17, 15) is 0 Å². The molecule has 1 N–H and O–H groups in total. The summed E-state index contributed by atoms with van der Waals surface area (Å²) in [6.07, 6.45) is 1.07. The molecule has 2 heteroatoms. The van der Waals surface area contributed by atoms with Gasteiger partial charge in [-0.05, 0) is 31.0 Å². The first kappa shape index (κ1) is 10.9. The molecule has 2 aliphatic rings. The highest BCUT2D eigenvalue weighted by Gasteiger charge is 2.36. The van der Waals surface area contributed by atoms with Gasteiger partial charge in [0.05, 0.1) is 12.6 Å². The lowest BCUT2D eigenvalue weighted by Crippen LogP contribution is -2.10. The number of ether oxygens (including phenoxy) is 1. The van der Waals surface area contributed by atoms with Crippen molar-refractivity contribution in [2.75, 3.05) is 11.9 Å². The van der Waals surface area contributed by atoms with Gasteiger partial charge >= 0.3 is 0 Å². The monoisotopic (exact) mass is 251 g/mol. The first-order valence-corrected chi connectivity index (χ1v) is 6.92. The predicted octanol–water partition coefficient (Wildman–Crippen LogP) is 4.03. The zero-order valence-corrected chi connectivity index (χ0v) is 11.0. The molecule has 0 saturated carbocycles. The fourth-order valence-electron chi connectivity index (χ4n) is 3.35. The summed E-state index contributed by atoms with van der Waals surface area (Å²) >= 11 is 0. The van der Waals surface area contributed by atoms with E-state index in [1.165, 1.54) is 22.4 Å². The van der Waals surface area contributed by atoms with E-state index < -0.39 is 0 Å². The van der Waals surface area contributed by atoms with Gasteiger partial charge in [0.25, 0.3) is 0 Å². The molecule has 0 spiro atoms. The molecular weight excluding hydrogens is 234 g/mol. The van der Waals surface area contributed by atoms with Crippen molar-refractivity contribution in [3.05, 3.63) is 59.2 Å². The third kappa shape index (κ3) is 1.63. The molecule has 2 unspecified atom stereocenters. The van der Waals surface area contributed by atoms with Gasteiger partial charge in [0.2, 0.25) is 0 Å². The van der Waals surface area contributed by atoms with Gasteiger partial charge in [-0.1, -0.05) is 35.9 Å². The quantitative estimate of drug-likeness (QED) is 0.763. The third-order valence-corrected chi connectivity index (χ3v) is 4.26. The van der Waals surface area contributed by atoms with Crippen molar-refractivity contribution in [2.24, 2.45) is 0 Å². The van der Waals surface area contributed by atoms with Crippen LogP contribution < -0.4 is 10.1 Å². The summed E-state index contributed by atoms with van der Waals surface area (Å²) < 4.78 is 5.89. The summed E-state index contributed by atoms with van der Waals surface area (Å²) in [6.45, 7) is 2.96. The highest BCUT2D eigenvalue weighted by molar-refractivity contribution is 5.63. The van der Waals surface area contributed by atoms with Crippen molar-refractivity contribution in [1.29, 1.82) is 0 Å². The molecule has 0 radical (unpaired) electrons. The molecule has 2 atom stereocenters. The molecule has 0 amide bonds. The van der Waals surface area contributed by atoms with E-state index in [0.29, 0.717) is 12.0 Å². The van der Waals surface area contributed by atoms with Crippen LogP contribution in [0.3, 0.4) is 0 Å². The Balaban J connectivity index is 1.84. The van der Waals surface area contributed by atoms with Crippen LogP contribution in [0.2, 0.25) is 0 Å². The normalized spacial score (nSPS) is 23.4. The standard InChI is InChI=1S/C17H17NO/c1-11-6-7-15-14(10-11)12-8-9-19-16-5-3-2-4-13(16)17(12)18-15/h2-7,10,12,17-18H,8-9H2,1H3. The summed E-state index contributed by atoms with van der Waals surface area (Å²) in [7, 11) is 0. The summed E-state index contributed by atoms with van der Waals surface area (Å²) in [5.41, 5.74) is 5.36. The Bertz CT molecular complexity index is 635. The molecule has 4 rings (SSSR count). The lowest BCUT2D eigenvalue weighted by atomic mass is 9.88. The van der Waals surface area contributed by atoms with Gasteiger partial charge in [0.1, 0.15) is 5.75 Å². The second-order valence-electron chi connectivity index (χ2n) is 5.49. The Labute approximate surface area is 113 Å². The van der Waals surface area contributed by atoms with E-state index >= 15 is 0 Å². The second-order valence-corrected chi connectivity index (χ2v) is 5.49. The first-order valence-electron chi connectivity index (χ1n) is 6.92. The van der Waals surface area contributed by atoms with Crippen LogP contribution >= 0.6 is 0 Å². The van der Waals surface area contributed by atoms with Crippen molar-refractivity contribution in [3.63, 3.8) is 0 Å². The predicted molar refractivity (Wildman–Crippen MR) is 76.8 cm³/mol. The number of anilines is 1. The van der Waals surface area contributed by atoms with Crippen molar-refractivity contribution >= 4 is 5.69 Å². The Morgan fingerprint density at radius 2 is 2.00 bits per heavy atom. The summed E-state index contributed by atoms with van der Waals surface area (Å²) in [5.74, 6) is 1.56. The molecule has 19 heavy (non-hydrogen) atoms. The van der Waals surface area contributed by atoms with Gasteiger partial charge in [-0.2, -0.15) is 0 Å². The fourth-order valence-corrected chi connectivity index (χ4v) is 3.35. The van der Waals surface area contributed by atoms with Crippen LogP contribution in [0.15, 0.2) is 42.5 Å². The zero-order valence-electron chi connectivity index (χ0n) is 11.0. The van der Waals surface area contributed by atoms with E-state index in [4.69, 9.17) is 4.74 Å². The Morgan fingerprint density at radius 3 is 2.95 bits per heavy atom. The molecule has 96 valence electrons. The number of aryl methyl sites for hydroxylation is 1. The van der Waals surface area contributed by atoms with Crippen molar-refractivity contribution in [1.82, 2.24) is 0 Å². The van der Waals surface area contributed by atoms with Crippen molar-refractivity contribution < 1.29 is 4.74 Å². The molecule has 0 aliphatic carbocycles. The van der Waals surface area contributed by atoms with Crippen molar-refractivity contribution in [3.8, 4) is 5.75 Å². The minimum absolute atomic E-state index is 0.357. The van der Waals surface area contributed by atoms with E-state index in [-0.39, 0.29) is 0 Å². The summed E-state index contributed by atoms with van der Waals surface area (Å²) in [6, 6.07) is 15.5. The number of hydrogen-bond acceptors (Lipinski definition) is 2. The molecule has 2 aliphatic heterocycles. The van der Waals surface area contributed by atoms with Crippen LogP contribution in [-0.4, -0.2) is 6.61 Å². The maximum atomic E-state index is 5.89. The van der Waals surface area contributed by atoms with Gasteiger partial charge in [-0.3, -0.25) is 0 Å². The SMILES string of the molecule is Cc1ccc2c(c1)C1CCOc3ccccc3C1N2. The van der Waals surface area contributed by atoms with Gasteiger partial charge in [0.15, 0.2) is 0 Å². The smallest absolute Gasteiger partial charge is 0.124 e. The van der Waals surface area contributed by atoms with Crippen LogP contribution in [0, 0.1) is 6.92 Å². The van der Waals surface area contributed by atoms with E-state index in [2.05, 4.69) is 48.6 Å². The molecule has 2 aromatic rings. The van der Waals surface area contributed by atoms with Crippen LogP contribution in [0.5, 0.6) is 5.75 Å². The largest absolute Gasteiger partial charge is 0.493 e. The number of benzene rings is 2. The van der Waals surface area contributed by atoms with Crippen LogP contribution in [0.1, 0.15) is 35.1 Å². The number of rotatable bonds is 0. The van der Waals surface area contributed by atoms with Gasteiger partial charge in [-0.25, -0.2) is 0 Å². The van der Waals surface area contributed by atoms with E-state index in [0.717, 1.165) is 18.8 Å². The Morgan fingerprint density at radius 1 is 1.11 bits per heavy atom. The Hall–Kier alpha value is -1.96. The molecule has 0 fully saturated rings. The number of fused-ring (bicyclic) bond motifs is 5. The minimum atomic E-state index is 0.357. The van der Waals surface area contributed by atoms with Gasteiger partial charge in [0, 0.05) is 17.2 Å². The Kier molecular flexibility index (Phi) is 2.31. The summed E-state index contributed by atoms with van der Waals surface area (Å²) in [5, 5.41) is 3.68. The van der Waals surface area contributed by atoms with Crippen LogP contribution in [0.4, 0.5) is 5.69 Å². The molecule has 2 aromatic carbocycles. The molecule has 0 aromatic heterocycles. The fraction of sp³-hybridized carbons (Fsp3) is 0.294. The highest BCUT2D eigenvalue weighted by Crippen LogP contribution is 2.49. The lowest BCUT2D eigenvalue weighted by molar-refractivity contribution is 0.309. The number of hydrogen-bond donors (Lipinski definition) is 1. The van der Waals surface area contributed by atoms with E-state index in [1.54, 1.807) is 0 Å². The van der Waals surface area contributed by atoms with Crippen LogP contribution in [-0.2, 0) is 0 Å². The molecule has 0 saturated heterocycles. The lowest BCUT2D eigenvalue weighted by Gasteiger charge is -2.18. The molecule has 0 bridgehead atoms. The maximum Gasteiger partial charge on any atom is 0.124 e. The maximum absolute atomic E-state index is 5.89. The highest BCUT2D eigenvalue weighted by atomic mass is 16.5. The molecule has 2 nitrogen and oxygen atoms in total. The number of nitrogens with one attached hydrogen (secondary N) is 1. The van der Waals surface area contributed by atoms with Gasteiger partial charge in [-0.15, -0.1) is 0 Å². The van der Waals surface area contributed by atoms with Crippen molar-refractivity contribution in [2.45, 2.75) is 25.3 Å². The summed E-state index contributed by atoms with van der Waals surface area (Å²) in [4.78, 5) is 0. The van der Waals surface area contributed by atoms with Gasteiger partial charge < -0.3 is 10.1 Å². The van der Waals surface area contributed by atoms with E-state index in [1.807, 2.05) is 6.07 Å². The zero-order chi connectivity index (χ0) is 12.8. The number of para-hydroxylation sites is 1. The minimum Gasteiger partial charge on any atom is -0.493 e. The second kappa shape index (κ2) is 4.02. The molecular formula is C17H17NO. The third-order valence-electron chi connectivity index (χ3n) is 4.26. The molecule has 2 heterocycles. The average Bonchev–Trinajstić information content (AvgIpc) is 2.67. The topological polar surface area (TPSA) is 21.3 Å².